The molecule has 0 radical (unpaired) electrons. The van der Waals surface area contributed by atoms with E-state index in [0.717, 1.165) is 6.42 Å². The Kier molecular flexibility index (Phi) is 4.16. The molecule has 6 nitrogen and oxygen atoms in total. The van der Waals surface area contributed by atoms with Crippen LogP contribution in [0.25, 0.3) is 0 Å². The van der Waals surface area contributed by atoms with E-state index in [2.05, 4.69) is 10.3 Å². The molecule has 114 valence electrons. The molecule has 1 aromatic rings. The lowest BCUT2D eigenvalue weighted by molar-refractivity contribution is -0.148. The van der Waals surface area contributed by atoms with Gasteiger partial charge in [0.1, 0.15) is 5.54 Å². The zero-order valence-corrected chi connectivity index (χ0v) is 12.2. The van der Waals surface area contributed by atoms with Gasteiger partial charge in [0.15, 0.2) is 0 Å². The predicted octanol–water partition coefficient (Wildman–Crippen LogP) is 1.31. The number of amides is 1. The van der Waals surface area contributed by atoms with Gasteiger partial charge in [-0.05, 0) is 37.7 Å². The van der Waals surface area contributed by atoms with Gasteiger partial charge in [0.2, 0.25) is 5.56 Å². The number of carbonyl (C=O) groups excluding carboxylic acids is 1. The highest BCUT2D eigenvalue weighted by Gasteiger charge is 2.45. The van der Waals surface area contributed by atoms with Crippen molar-refractivity contribution < 1.29 is 14.7 Å². The number of carboxylic acid groups (broad SMARTS) is 1. The van der Waals surface area contributed by atoms with Crippen LogP contribution in [0.15, 0.2) is 16.9 Å². The number of aromatic nitrogens is 1. The van der Waals surface area contributed by atoms with E-state index in [-0.39, 0.29) is 11.1 Å². The zero-order chi connectivity index (χ0) is 15.6. The van der Waals surface area contributed by atoms with Crippen molar-refractivity contribution in [1.29, 1.82) is 0 Å². The summed E-state index contributed by atoms with van der Waals surface area (Å²) in [6.07, 6.45) is 2.28. The molecule has 0 saturated heterocycles. The number of aromatic amines is 1. The van der Waals surface area contributed by atoms with Gasteiger partial charge in [0.05, 0.1) is 0 Å². The van der Waals surface area contributed by atoms with Gasteiger partial charge in [-0.2, -0.15) is 0 Å². The third-order valence-electron chi connectivity index (χ3n) is 3.76. The van der Waals surface area contributed by atoms with E-state index in [1.54, 1.807) is 6.07 Å². The number of hydrogen-bond acceptors (Lipinski definition) is 3. The molecule has 21 heavy (non-hydrogen) atoms. The number of H-pyrrole nitrogens is 1. The highest BCUT2D eigenvalue weighted by Crippen LogP contribution is 2.32. The Labute approximate surface area is 122 Å². The minimum Gasteiger partial charge on any atom is -0.480 e. The molecule has 3 N–H and O–H groups in total. The number of pyridine rings is 1. The van der Waals surface area contributed by atoms with Gasteiger partial charge < -0.3 is 15.4 Å². The smallest absolute Gasteiger partial charge is 0.329 e. The van der Waals surface area contributed by atoms with E-state index < -0.39 is 17.4 Å². The van der Waals surface area contributed by atoms with Crippen LogP contribution in [0.5, 0.6) is 0 Å². The van der Waals surface area contributed by atoms with E-state index in [9.17, 15) is 19.5 Å². The maximum absolute atomic E-state index is 12.2. The lowest BCUT2D eigenvalue weighted by Crippen LogP contribution is -2.59. The minimum absolute atomic E-state index is 0.210. The molecule has 0 aromatic carbocycles. The Hall–Kier alpha value is -2.11. The number of carbonyl (C=O) groups is 2. The Morgan fingerprint density at radius 3 is 2.52 bits per heavy atom. The van der Waals surface area contributed by atoms with Gasteiger partial charge in [0, 0.05) is 17.3 Å². The fraction of sp³-hybridized carbons (Fsp3) is 0.533. The van der Waals surface area contributed by atoms with Crippen molar-refractivity contribution in [3.63, 3.8) is 0 Å². The van der Waals surface area contributed by atoms with Gasteiger partial charge in [0.25, 0.3) is 5.91 Å². The molecule has 0 aliphatic heterocycles. The molecular weight excluding hydrogens is 272 g/mol. The summed E-state index contributed by atoms with van der Waals surface area (Å²) in [4.78, 5) is 37.8. The van der Waals surface area contributed by atoms with E-state index in [0.29, 0.717) is 30.9 Å². The van der Waals surface area contributed by atoms with Gasteiger partial charge >= 0.3 is 5.97 Å². The summed E-state index contributed by atoms with van der Waals surface area (Å²) in [7, 11) is 0. The first kappa shape index (κ1) is 15.3. The normalized spacial score (nSPS) is 16.3. The van der Waals surface area contributed by atoms with Crippen molar-refractivity contribution in [3.05, 3.63) is 33.7 Å². The average Bonchev–Trinajstić information content (AvgIpc) is 2.31. The van der Waals surface area contributed by atoms with Crippen molar-refractivity contribution in [2.75, 3.05) is 0 Å². The van der Waals surface area contributed by atoms with E-state index >= 15 is 0 Å². The Balaban J connectivity index is 2.21. The second-order valence-electron chi connectivity index (χ2n) is 6.05. The molecule has 1 aromatic heterocycles. The van der Waals surface area contributed by atoms with E-state index in [4.69, 9.17) is 0 Å². The Bertz CT molecular complexity index is 614. The topological polar surface area (TPSA) is 99.3 Å². The highest BCUT2D eigenvalue weighted by molar-refractivity contribution is 5.98. The molecule has 1 heterocycles. The molecule has 2 rings (SSSR count). The summed E-state index contributed by atoms with van der Waals surface area (Å²) in [5, 5.41) is 11.8. The molecule has 1 aliphatic rings. The zero-order valence-electron chi connectivity index (χ0n) is 12.2. The van der Waals surface area contributed by atoms with Crippen LogP contribution in [0.3, 0.4) is 0 Å². The van der Waals surface area contributed by atoms with Crippen molar-refractivity contribution in [1.82, 2.24) is 10.3 Å². The van der Waals surface area contributed by atoms with Crippen LogP contribution in [0, 0.1) is 5.92 Å². The van der Waals surface area contributed by atoms with Crippen LogP contribution < -0.4 is 10.9 Å². The van der Waals surface area contributed by atoms with Crippen LogP contribution in [-0.2, 0) is 11.2 Å². The second-order valence-corrected chi connectivity index (χ2v) is 6.05. The molecule has 1 saturated carbocycles. The number of hydrogen-bond donors (Lipinski definition) is 3. The second kappa shape index (κ2) is 5.71. The summed E-state index contributed by atoms with van der Waals surface area (Å²) in [6, 6.07) is 2.82. The summed E-state index contributed by atoms with van der Waals surface area (Å²) >= 11 is 0. The van der Waals surface area contributed by atoms with Crippen molar-refractivity contribution in [3.8, 4) is 0 Å². The molecule has 1 aliphatic carbocycles. The lowest BCUT2D eigenvalue weighted by Gasteiger charge is -2.38. The molecule has 1 fully saturated rings. The Morgan fingerprint density at radius 1 is 1.38 bits per heavy atom. The van der Waals surface area contributed by atoms with Crippen LogP contribution in [-0.4, -0.2) is 27.5 Å². The van der Waals surface area contributed by atoms with Gasteiger partial charge in [-0.1, -0.05) is 13.8 Å². The predicted molar refractivity (Wildman–Crippen MR) is 77.3 cm³/mol. The standard InChI is InChI=1S/C15H20N2O4/c1-9(2)6-11-7-10(8-12(18)16-11)13(19)17-15(14(20)21)4-3-5-15/h7-9H,3-6H2,1-2H3,(H,16,18)(H,17,19)(H,20,21). The number of carboxylic acids is 1. The maximum Gasteiger partial charge on any atom is 0.329 e. The van der Waals surface area contributed by atoms with Crippen LogP contribution in [0.1, 0.15) is 49.2 Å². The fourth-order valence-electron chi connectivity index (χ4n) is 2.49. The lowest BCUT2D eigenvalue weighted by atomic mass is 9.76. The summed E-state index contributed by atoms with van der Waals surface area (Å²) in [6.45, 7) is 4.03. The molecule has 0 unspecified atom stereocenters. The third-order valence-corrected chi connectivity index (χ3v) is 3.76. The first-order chi connectivity index (χ1) is 9.82. The van der Waals surface area contributed by atoms with Crippen molar-refractivity contribution in [2.24, 2.45) is 5.92 Å². The highest BCUT2D eigenvalue weighted by atomic mass is 16.4. The molecule has 1 amide bonds. The third kappa shape index (κ3) is 3.32. The average molecular weight is 292 g/mol. The van der Waals surface area contributed by atoms with Gasteiger partial charge in [-0.25, -0.2) is 4.79 Å². The minimum atomic E-state index is -1.17. The summed E-state index contributed by atoms with van der Waals surface area (Å²) in [5.41, 5.74) is -0.628. The Morgan fingerprint density at radius 2 is 2.05 bits per heavy atom. The van der Waals surface area contributed by atoms with Gasteiger partial charge in [-0.3, -0.25) is 9.59 Å². The molecule has 0 atom stereocenters. The van der Waals surface area contributed by atoms with Crippen LogP contribution >= 0.6 is 0 Å². The van der Waals surface area contributed by atoms with Crippen molar-refractivity contribution in [2.45, 2.75) is 45.1 Å². The first-order valence-corrected chi connectivity index (χ1v) is 7.11. The van der Waals surface area contributed by atoms with Crippen LogP contribution in [0.2, 0.25) is 0 Å². The van der Waals surface area contributed by atoms with Crippen LogP contribution in [0.4, 0.5) is 0 Å². The van der Waals surface area contributed by atoms with Gasteiger partial charge in [-0.15, -0.1) is 0 Å². The molecule has 0 bridgehead atoms. The summed E-state index contributed by atoms with van der Waals surface area (Å²) in [5.74, 6) is -1.18. The number of nitrogens with one attached hydrogen (secondary N) is 2. The fourth-order valence-corrected chi connectivity index (χ4v) is 2.49. The SMILES string of the molecule is CC(C)Cc1cc(C(=O)NC2(C(=O)O)CCC2)cc(=O)[nH]1. The number of aliphatic carboxylic acids is 1. The molecule has 6 heteroatoms. The quantitative estimate of drug-likeness (QED) is 0.762. The first-order valence-electron chi connectivity index (χ1n) is 7.11. The largest absolute Gasteiger partial charge is 0.480 e. The molecular formula is C15H20N2O4. The molecule has 0 spiro atoms. The number of rotatable bonds is 5. The van der Waals surface area contributed by atoms with Crippen molar-refractivity contribution >= 4 is 11.9 Å². The summed E-state index contributed by atoms with van der Waals surface area (Å²) < 4.78 is 0. The van der Waals surface area contributed by atoms with E-state index in [1.165, 1.54) is 6.07 Å². The monoisotopic (exact) mass is 292 g/mol. The van der Waals surface area contributed by atoms with E-state index in [1.807, 2.05) is 13.8 Å². The maximum atomic E-state index is 12.2.